The smallest absolute Gasteiger partial charge is 0.0653 e. The van der Waals surface area contributed by atoms with Gasteiger partial charge in [0.1, 0.15) is 0 Å². The lowest BCUT2D eigenvalue weighted by atomic mass is 9.99. The second-order valence-electron chi connectivity index (χ2n) is 6.86. The molecule has 2 nitrogen and oxygen atoms in total. The first-order chi connectivity index (χ1) is 12.3. The van der Waals surface area contributed by atoms with E-state index in [9.17, 15) is 0 Å². The van der Waals surface area contributed by atoms with Crippen molar-refractivity contribution in [3.8, 4) is 5.69 Å². The molecule has 0 N–H and O–H groups in total. The van der Waals surface area contributed by atoms with E-state index in [1.165, 1.54) is 38.6 Å². The normalized spacial score (nSPS) is 17.0. The first kappa shape index (κ1) is 16.2. The number of rotatable bonds is 2. The van der Waals surface area contributed by atoms with Gasteiger partial charge < -0.3 is 9.30 Å². The van der Waals surface area contributed by atoms with Gasteiger partial charge in [-0.05, 0) is 50.8 Å². The topological polar surface area (TPSA) is 14.2 Å². The molecule has 0 amide bonds. The SMILES string of the molecule is Cc1ccc(-n2c(C)c(C3=CCOCC3)c3c2=CCCC=CC=3)cc1. The number of aryl methyl sites for hydroxylation is 1. The van der Waals surface area contributed by atoms with Gasteiger partial charge in [-0.3, -0.25) is 0 Å². The molecular weight excluding hydrogens is 306 g/mol. The highest BCUT2D eigenvalue weighted by Gasteiger charge is 2.17. The van der Waals surface area contributed by atoms with E-state index in [1.807, 2.05) is 0 Å². The van der Waals surface area contributed by atoms with Crippen LogP contribution in [0.15, 0.2) is 42.5 Å². The van der Waals surface area contributed by atoms with Crippen LogP contribution in [0.5, 0.6) is 0 Å². The Kier molecular flexibility index (Phi) is 4.46. The van der Waals surface area contributed by atoms with Gasteiger partial charge in [-0.15, -0.1) is 0 Å². The van der Waals surface area contributed by atoms with Crippen molar-refractivity contribution in [2.45, 2.75) is 33.1 Å². The third kappa shape index (κ3) is 3.03. The molecule has 0 radical (unpaired) electrons. The van der Waals surface area contributed by atoms with E-state index in [1.54, 1.807) is 0 Å². The lowest BCUT2D eigenvalue weighted by Crippen LogP contribution is -2.30. The van der Waals surface area contributed by atoms with Crippen molar-refractivity contribution in [2.24, 2.45) is 0 Å². The third-order valence-corrected chi connectivity index (χ3v) is 5.13. The summed E-state index contributed by atoms with van der Waals surface area (Å²) >= 11 is 0. The highest BCUT2D eigenvalue weighted by Crippen LogP contribution is 2.23. The molecule has 25 heavy (non-hydrogen) atoms. The Hall–Kier alpha value is -2.32. The number of hydrogen-bond donors (Lipinski definition) is 0. The van der Waals surface area contributed by atoms with Crippen LogP contribution in [0.3, 0.4) is 0 Å². The second-order valence-corrected chi connectivity index (χ2v) is 6.86. The van der Waals surface area contributed by atoms with Crippen LogP contribution in [-0.4, -0.2) is 17.8 Å². The van der Waals surface area contributed by atoms with Crippen LogP contribution in [0.1, 0.15) is 36.1 Å². The molecule has 0 saturated carbocycles. The zero-order chi connectivity index (χ0) is 17.2. The molecule has 0 atom stereocenters. The summed E-state index contributed by atoms with van der Waals surface area (Å²) in [6.07, 6.45) is 14.6. The minimum absolute atomic E-state index is 0.721. The minimum Gasteiger partial charge on any atom is -0.377 e. The molecule has 0 spiro atoms. The van der Waals surface area contributed by atoms with Crippen molar-refractivity contribution in [1.29, 1.82) is 0 Å². The van der Waals surface area contributed by atoms with Gasteiger partial charge >= 0.3 is 0 Å². The van der Waals surface area contributed by atoms with Gasteiger partial charge in [-0.1, -0.05) is 48.1 Å². The van der Waals surface area contributed by atoms with Crippen LogP contribution in [0.2, 0.25) is 0 Å². The summed E-state index contributed by atoms with van der Waals surface area (Å²) in [6.45, 7) is 5.93. The molecule has 1 aliphatic carbocycles. The Morgan fingerprint density at radius 1 is 1.00 bits per heavy atom. The van der Waals surface area contributed by atoms with E-state index in [0.717, 1.165) is 32.5 Å². The van der Waals surface area contributed by atoms with E-state index in [4.69, 9.17) is 4.74 Å². The fourth-order valence-electron chi connectivity index (χ4n) is 3.87. The van der Waals surface area contributed by atoms with Crippen LogP contribution in [0.25, 0.3) is 23.4 Å². The van der Waals surface area contributed by atoms with Crippen molar-refractivity contribution in [1.82, 2.24) is 4.57 Å². The Morgan fingerprint density at radius 3 is 2.60 bits per heavy atom. The molecule has 0 fully saturated rings. The molecule has 2 aliphatic rings. The van der Waals surface area contributed by atoms with Gasteiger partial charge in [0.25, 0.3) is 0 Å². The van der Waals surface area contributed by atoms with Gasteiger partial charge in [0.2, 0.25) is 0 Å². The maximum atomic E-state index is 5.54. The molecule has 128 valence electrons. The summed E-state index contributed by atoms with van der Waals surface area (Å²) < 4.78 is 7.97. The minimum atomic E-state index is 0.721. The Morgan fingerprint density at radius 2 is 1.84 bits per heavy atom. The van der Waals surface area contributed by atoms with Gasteiger partial charge in [-0.2, -0.15) is 0 Å². The third-order valence-electron chi connectivity index (χ3n) is 5.13. The largest absolute Gasteiger partial charge is 0.377 e. The Labute approximate surface area is 149 Å². The van der Waals surface area contributed by atoms with Gasteiger partial charge in [0, 0.05) is 27.5 Å². The van der Waals surface area contributed by atoms with E-state index >= 15 is 0 Å². The molecule has 0 unspecified atom stereocenters. The molecule has 1 aromatic heterocycles. The lowest BCUT2D eigenvalue weighted by molar-refractivity contribution is 0.161. The molecule has 2 heterocycles. The van der Waals surface area contributed by atoms with Crippen molar-refractivity contribution in [3.05, 3.63) is 69.9 Å². The summed E-state index contributed by atoms with van der Waals surface area (Å²) in [4.78, 5) is 0. The number of benzene rings is 1. The number of nitrogens with zero attached hydrogens (tertiary/aromatic N) is 1. The average Bonchev–Trinajstić information content (AvgIpc) is 2.87. The number of hydrogen-bond acceptors (Lipinski definition) is 1. The predicted molar refractivity (Wildman–Crippen MR) is 105 cm³/mol. The number of allylic oxidation sites excluding steroid dienone is 2. The van der Waals surface area contributed by atoms with Crippen molar-refractivity contribution in [2.75, 3.05) is 13.2 Å². The van der Waals surface area contributed by atoms with Gasteiger partial charge in [-0.25, -0.2) is 0 Å². The zero-order valence-electron chi connectivity index (χ0n) is 15.1. The van der Waals surface area contributed by atoms with Crippen molar-refractivity contribution < 1.29 is 4.74 Å². The molecule has 1 aliphatic heterocycles. The standard InChI is InChI=1S/C23H25NO/c1-17-9-11-20(12-10-17)24-18(2)23(19-13-15-25-16-14-19)21-7-5-3-4-6-8-22(21)24/h3,5,7-13H,4,6,14-16H2,1-2H3. The highest BCUT2D eigenvalue weighted by atomic mass is 16.5. The molecule has 4 rings (SSSR count). The van der Waals surface area contributed by atoms with E-state index in [-0.39, 0.29) is 0 Å². The quantitative estimate of drug-likeness (QED) is 0.816. The lowest BCUT2D eigenvalue weighted by Gasteiger charge is -2.14. The van der Waals surface area contributed by atoms with E-state index in [0.29, 0.717) is 0 Å². The number of ether oxygens (including phenoxy) is 1. The molecule has 0 saturated heterocycles. The van der Waals surface area contributed by atoms with Crippen LogP contribution in [0, 0.1) is 13.8 Å². The summed E-state index contributed by atoms with van der Waals surface area (Å²) in [5, 5.41) is 2.68. The van der Waals surface area contributed by atoms with E-state index < -0.39 is 0 Å². The monoisotopic (exact) mass is 331 g/mol. The first-order valence-corrected chi connectivity index (χ1v) is 9.18. The predicted octanol–water partition coefficient (Wildman–Crippen LogP) is 3.81. The van der Waals surface area contributed by atoms with Gasteiger partial charge in [0.15, 0.2) is 0 Å². The maximum Gasteiger partial charge on any atom is 0.0653 e. The molecule has 2 heteroatoms. The summed E-state index contributed by atoms with van der Waals surface area (Å²) in [7, 11) is 0. The first-order valence-electron chi connectivity index (χ1n) is 9.18. The van der Waals surface area contributed by atoms with Crippen LogP contribution in [-0.2, 0) is 4.74 Å². The maximum absolute atomic E-state index is 5.54. The Bertz CT molecular complexity index is 955. The summed E-state index contributed by atoms with van der Waals surface area (Å²) in [6, 6.07) is 8.85. The molecule has 1 aromatic carbocycles. The summed E-state index contributed by atoms with van der Waals surface area (Å²) in [5.41, 5.74) is 6.67. The van der Waals surface area contributed by atoms with Crippen LogP contribution >= 0.6 is 0 Å². The Balaban J connectivity index is 2.04. The summed E-state index contributed by atoms with van der Waals surface area (Å²) in [5.74, 6) is 0. The number of aromatic nitrogens is 1. The molecule has 0 bridgehead atoms. The molecule has 2 aromatic rings. The zero-order valence-corrected chi connectivity index (χ0v) is 15.1. The fourth-order valence-corrected chi connectivity index (χ4v) is 3.87. The van der Waals surface area contributed by atoms with Crippen LogP contribution in [0.4, 0.5) is 0 Å². The van der Waals surface area contributed by atoms with Crippen molar-refractivity contribution in [3.63, 3.8) is 0 Å². The van der Waals surface area contributed by atoms with Crippen LogP contribution < -0.4 is 10.6 Å². The molecular formula is C23H25NO. The number of fused-ring (bicyclic) bond motifs is 1. The fraction of sp³-hybridized carbons (Fsp3) is 0.304. The highest BCUT2D eigenvalue weighted by molar-refractivity contribution is 5.71. The van der Waals surface area contributed by atoms with Gasteiger partial charge in [0.05, 0.1) is 13.2 Å². The average molecular weight is 331 g/mol. The van der Waals surface area contributed by atoms with Crippen molar-refractivity contribution >= 4 is 17.7 Å². The second kappa shape index (κ2) is 6.89. The van der Waals surface area contributed by atoms with E-state index in [2.05, 4.69) is 73.1 Å².